The standard InChI is InChI=1S/C13H15FN2O2/c1-9(2)15-13(18)16-11-6-5-10(4-3-7-17)12(14)8-11/h5-6,8-9,17H,7H2,1-2H3,(H2,15,16,18). The van der Waals surface area contributed by atoms with E-state index in [1.165, 1.54) is 12.1 Å². The van der Waals surface area contributed by atoms with Crippen molar-refractivity contribution in [1.82, 2.24) is 5.32 Å². The molecule has 0 aromatic heterocycles. The summed E-state index contributed by atoms with van der Waals surface area (Å²) >= 11 is 0. The highest BCUT2D eigenvalue weighted by Crippen LogP contribution is 2.13. The Labute approximate surface area is 105 Å². The SMILES string of the molecule is CC(C)NC(=O)Nc1ccc(C#CCO)c(F)c1. The van der Waals surface area contributed by atoms with Crippen LogP contribution in [-0.4, -0.2) is 23.8 Å². The number of aliphatic hydroxyl groups is 1. The summed E-state index contributed by atoms with van der Waals surface area (Å²) in [5.41, 5.74) is 0.527. The van der Waals surface area contributed by atoms with Gasteiger partial charge in [0, 0.05) is 11.7 Å². The number of amides is 2. The molecule has 5 heteroatoms. The van der Waals surface area contributed by atoms with Crippen molar-refractivity contribution in [2.45, 2.75) is 19.9 Å². The highest BCUT2D eigenvalue weighted by molar-refractivity contribution is 5.89. The minimum Gasteiger partial charge on any atom is -0.384 e. The Morgan fingerprint density at radius 2 is 2.22 bits per heavy atom. The molecule has 0 aliphatic rings. The normalized spacial score (nSPS) is 9.61. The molecular formula is C13H15FN2O2. The van der Waals surface area contributed by atoms with E-state index in [1.807, 2.05) is 13.8 Å². The van der Waals surface area contributed by atoms with Gasteiger partial charge in [-0.25, -0.2) is 9.18 Å². The molecule has 0 heterocycles. The number of aliphatic hydroxyl groups excluding tert-OH is 1. The van der Waals surface area contributed by atoms with Gasteiger partial charge in [-0.15, -0.1) is 0 Å². The van der Waals surface area contributed by atoms with Gasteiger partial charge in [0.2, 0.25) is 0 Å². The molecule has 2 amide bonds. The number of carbonyl (C=O) groups excluding carboxylic acids is 1. The maximum absolute atomic E-state index is 13.5. The number of halogens is 1. The molecule has 4 nitrogen and oxygen atoms in total. The quantitative estimate of drug-likeness (QED) is 0.700. The first-order valence-corrected chi connectivity index (χ1v) is 5.49. The van der Waals surface area contributed by atoms with Gasteiger partial charge in [0.1, 0.15) is 12.4 Å². The van der Waals surface area contributed by atoms with Crippen LogP contribution in [0.15, 0.2) is 18.2 Å². The third kappa shape index (κ3) is 4.44. The fraction of sp³-hybridized carbons (Fsp3) is 0.308. The number of rotatable bonds is 2. The molecule has 1 aromatic carbocycles. The minimum absolute atomic E-state index is 0.00420. The fourth-order valence-corrected chi connectivity index (χ4v) is 1.26. The van der Waals surface area contributed by atoms with E-state index < -0.39 is 11.8 Å². The smallest absolute Gasteiger partial charge is 0.319 e. The van der Waals surface area contributed by atoms with Gasteiger partial charge in [-0.1, -0.05) is 11.8 Å². The average molecular weight is 250 g/mol. The van der Waals surface area contributed by atoms with Crippen molar-refractivity contribution < 1.29 is 14.3 Å². The predicted molar refractivity (Wildman–Crippen MR) is 67.7 cm³/mol. The summed E-state index contributed by atoms with van der Waals surface area (Å²) in [5, 5.41) is 13.7. The van der Waals surface area contributed by atoms with Crippen molar-refractivity contribution in [3.8, 4) is 11.8 Å². The molecule has 3 N–H and O–H groups in total. The number of anilines is 1. The van der Waals surface area contributed by atoms with Gasteiger partial charge in [-0.2, -0.15) is 0 Å². The molecule has 0 spiro atoms. The first-order valence-electron chi connectivity index (χ1n) is 5.49. The van der Waals surface area contributed by atoms with Crippen LogP contribution in [0.5, 0.6) is 0 Å². The van der Waals surface area contributed by atoms with Crippen LogP contribution in [0, 0.1) is 17.7 Å². The zero-order valence-corrected chi connectivity index (χ0v) is 10.2. The largest absolute Gasteiger partial charge is 0.384 e. The molecular weight excluding hydrogens is 235 g/mol. The Morgan fingerprint density at radius 1 is 1.50 bits per heavy atom. The lowest BCUT2D eigenvalue weighted by atomic mass is 10.2. The van der Waals surface area contributed by atoms with Gasteiger partial charge < -0.3 is 15.7 Å². The number of nitrogens with one attached hydrogen (secondary N) is 2. The van der Waals surface area contributed by atoms with E-state index in [0.717, 1.165) is 0 Å². The summed E-state index contributed by atoms with van der Waals surface area (Å²) in [6.07, 6.45) is 0. The van der Waals surface area contributed by atoms with Crippen LogP contribution < -0.4 is 10.6 Å². The number of benzene rings is 1. The van der Waals surface area contributed by atoms with E-state index in [9.17, 15) is 9.18 Å². The molecule has 0 saturated heterocycles. The van der Waals surface area contributed by atoms with Crippen molar-refractivity contribution in [3.63, 3.8) is 0 Å². The van der Waals surface area contributed by atoms with Crippen molar-refractivity contribution in [2.24, 2.45) is 0 Å². The number of urea groups is 1. The highest BCUT2D eigenvalue weighted by Gasteiger charge is 2.05. The number of hydrogen-bond acceptors (Lipinski definition) is 2. The van der Waals surface area contributed by atoms with Crippen molar-refractivity contribution in [3.05, 3.63) is 29.6 Å². The van der Waals surface area contributed by atoms with E-state index in [-0.39, 0.29) is 18.2 Å². The summed E-state index contributed by atoms with van der Waals surface area (Å²) in [4.78, 5) is 11.4. The van der Waals surface area contributed by atoms with Crippen LogP contribution in [0.2, 0.25) is 0 Å². The van der Waals surface area contributed by atoms with E-state index in [0.29, 0.717) is 5.69 Å². The van der Waals surface area contributed by atoms with Gasteiger partial charge in [0.25, 0.3) is 0 Å². The van der Waals surface area contributed by atoms with E-state index in [2.05, 4.69) is 22.5 Å². The van der Waals surface area contributed by atoms with Crippen molar-refractivity contribution in [2.75, 3.05) is 11.9 Å². The molecule has 0 aliphatic carbocycles. The molecule has 0 aliphatic heterocycles. The molecule has 0 atom stereocenters. The van der Waals surface area contributed by atoms with Gasteiger partial charge in [0.05, 0.1) is 5.56 Å². The summed E-state index contributed by atoms with van der Waals surface area (Å²) in [7, 11) is 0. The molecule has 1 rings (SSSR count). The third-order valence-corrected chi connectivity index (χ3v) is 1.95. The topological polar surface area (TPSA) is 61.4 Å². The molecule has 0 unspecified atom stereocenters. The van der Waals surface area contributed by atoms with Crippen LogP contribution in [-0.2, 0) is 0 Å². The molecule has 0 saturated carbocycles. The van der Waals surface area contributed by atoms with Crippen LogP contribution in [0.25, 0.3) is 0 Å². The second kappa shape index (κ2) is 6.62. The Bertz CT molecular complexity index is 489. The Morgan fingerprint density at radius 3 is 2.78 bits per heavy atom. The maximum Gasteiger partial charge on any atom is 0.319 e. The minimum atomic E-state index is -0.543. The number of carbonyl (C=O) groups is 1. The van der Waals surface area contributed by atoms with Crippen molar-refractivity contribution >= 4 is 11.7 Å². The van der Waals surface area contributed by atoms with Gasteiger partial charge in [0.15, 0.2) is 0 Å². The highest BCUT2D eigenvalue weighted by atomic mass is 19.1. The molecule has 96 valence electrons. The summed E-state index contributed by atoms with van der Waals surface area (Å²) < 4.78 is 13.5. The zero-order valence-electron chi connectivity index (χ0n) is 10.2. The second-order valence-electron chi connectivity index (χ2n) is 3.91. The van der Waals surface area contributed by atoms with Gasteiger partial charge in [-0.3, -0.25) is 0 Å². The first-order chi connectivity index (χ1) is 8.52. The lowest BCUT2D eigenvalue weighted by molar-refractivity contribution is 0.250. The predicted octanol–water partition coefficient (Wildman–Crippen LogP) is 1.70. The van der Waals surface area contributed by atoms with E-state index in [1.54, 1.807) is 6.07 Å². The maximum atomic E-state index is 13.5. The molecule has 0 radical (unpaired) electrons. The van der Waals surface area contributed by atoms with Crippen LogP contribution in [0.1, 0.15) is 19.4 Å². The monoisotopic (exact) mass is 250 g/mol. The van der Waals surface area contributed by atoms with Crippen LogP contribution in [0.4, 0.5) is 14.9 Å². The first kappa shape index (κ1) is 14.0. The van der Waals surface area contributed by atoms with Gasteiger partial charge in [-0.05, 0) is 32.0 Å². The van der Waals surface area contributed by atoms with E-state index >= 15 is 0 Å². The van der Waals surface area contributed by atoms with Crippen LogP contribution >= 0.6 is 0 Å². The third-order valence-electron chi connectivity index (χ3n) is 1.95. The Balaban J connectivity index is 2.75. The molecule has 0 bridgehead atoms. The lowest BCUT2D eigenvalue weighted by Crippen LogP contribution is -2.34. The second-order valence-corrected chi connectivity index (χ2v) is 3.91. The van der Waals surface area contributed by atoms with Crippen LogP contribution in [0.3, 0.4) is 0 Å². The molecule has 0 fully saturated rings. The Kier molecular flexibility index (Phi) is 5.15. The lowest BCUT2D eigenvalue weighted by Gasteiger charge is -2.10. The zero-order chi connectivity index (χ0) is 13.5. The van der Waals surface area contributed by atoms with E-state index in [4.69, 9.17) is 5.11 Å². The fourth-order valence-electron chi connectivity index (χ4n) is 1.26. The molecule has 18 heavy (non-hydrogen) atoms. The summed E-state index contributed by atoms with van der Waals surface area (Å²) in [6.45, 7) is 3.33. The summed E-state index contributed by atoms with van der Waals surface area (Å²) in [6, 6.07) is 3.79. The average Bonchev–Trinajstić information content (AvgIpc) is 2.26. The molecule has 1 aromatic rings. The van der Waals surface area contributed by atoms with Crippen molar-refractivity contribution in [1.29, 1.82) is 0 Å². The van der Waals surface area contributed by atoms with Gasteiger partial charge >= 0.3 is 6.03 Å². The summed E-state index contributed by atoms with van der Waals surface area (Å²) in [5.74, 6) is 4.29. The Hall–Kier alpha value is -2.06. The number of hydrogen-bond donors (Lipinski definition) is 3.